The molecule has 8 nitrogen and oxygen atoms in total. The van der Waals surface area contributed by atoms with E-state index in [1.54, 1.807) is 17.0 Å². The molecule has 0 spiro atoms. The van der Waals surface area contributed by atoms with E-state index in [9.17, 15) is 18.0 Å². The van der Waals surface area contributed by atoms with Gasteiger partial charge in [-0.05, 0) is 49.4 Å². The number of nitrogens with zero attached hydrogens (tertiary/aromatic N) is 2. The first-order valence-corrected chi connectivity index (χ1v) is 15.3. The highest BCUT2D eigenvalue weighted by Crippen LogP contribution is 2.30. The number of benzene rings is 2. The van der Waals surface area contributed by atoms with Crippen LogP contribution in [-0.4, -0.2) is 64.2 Å². The summed E-state index contributed by atoms with van der Waals surface area (Å²) in [4.78, 5) is 28.1. The summed E-state index contributed by atoms with van der Waals surface area (Å²) in [6.45, 7) is 5.01. The maximum Gasteiger partial charge on any atom is 0.242 e. The molecule has 0 bridgehead atoms. The van der Waals surface area contributed by atoms with Gasteiger partial charge in [-0.3, -0.25) is 13.9 Å². The fourth-order valence-corrected chi connectivity index (χ4v) is 5.43. The SMILES string of the molecule is CCCCNC(=O)[C@@H](CC)N(CCc1ccccc1)C(=O)CCCN(c1ccc(OC)c(Cl)c1)S(C)(=O)=O. The highest BCUT2D eigenvalue weighted by atomic mass is 35.5. The van der Waals surface area contributed by atoms with Gasteiger partial charge in [-0.2, -0.15) is 0 Å². The molecule has 1 atom stereocenters. The van der Waals surface area contributed by atoms with Crippen molar-refractivity contribution < 1.29 is 22.7 Å². The number of sulfonamides is 1. The zero-order valence-electron chi connectivity index (χ0n) is 22.8. The Bertz CT molecular complexity index is 1140. The molecule has 0 saturated heterocycles. The quantitative estimate of drug-likeness (QED) is 0.299. The van der Waals surface area contributed by atoms with Crippen LogP contribution in [0.3, 0.4) is 0 Å². The summed E-state index contributed by atoms with van der Waals surface area (Å²) in [6.07, 6.45) is 4.44. The van der Waals surface area contributed by atoms with Gasteiger partial charge in [0.1, 0.15) is 11.8 Å². The third-order valence-electron chi connectivity index (χ3n) is 6.28. The lowest BCUT2D eigenvalue weighted by atomic mass is 10.1. The average Bonchev–Trinajstić information content (AvgIpc) is 2.88. The Morgan fingerprint density at radius 2 is 1.76 bits per heavy atom. The fourth-order valence-electron chi connectivity index (χ4n) is 4.22. The van der Waals surface area contributed by atoms with E-state index in [-0.39, 0.29) is 31.2 Å². The minimum atomic E-state index is -3.62. The minimum Gasteiger partial charge on any atom is -0.495 e. The largest absolute Gasteiger partial charge is 0.495 e. The Labute approximate surface area is 232 Å². The van der Waals surface area contributed by atoms with Crippen molar-refractivity contribution in [3.05, 3.63) is 59.1 Å². The molecule has 0 aliphatic heterocycles. The first-order valence-electron chi connectivity index (χ1n) is 13.0. The van der Waals surface area contributed by atoms with Crippen molar-refractivity contribution in [2.45, 2.75) is 58.4 Å². The topological polar surface area (TPSA) is 96.0 Å². The lowest BCUT2D eigenvalue weighted by Crippen LogP contribution is -2.50. The van der Waals surface area contributed by atoms with Gasteiger partial charge in [0, 0.05) is 26.1 Å². The van der Waals surface area contributed by atoms with Crippen LogP contribution in [0.1, 0.15) is 51.5 Å². The second kappa shape index (κ2) is 15.6. The fraction of sp³-hybridized carbons (Fsp3) is 0.500. The zero-order valence-corrected chi connectivity index (χ0v) is 24.4. The first-order chi connectivity index (χ1) is 18.1. The molecule has 2 aromatic carbocycles. The molecule has 0 unspecified atom stereocenters. The number of anilines is 1. The second-order valence-electron chi connectivity index (χ2n) is 9.15. The van der Waals surface area contributed by atoms with Crippen LogP contribution >= 0.6 is 11.6 Å². The Kier molecular flexibility index (Phi) is 12.9. The van der Waals surface area contributed by atoms with Gasteiger partial charge in [0.05, 0.1) is 24.1 Å². The van der Waals surface area contributed by atoms with Crippen LogP contribution in [0.15, 0.2) is 48.5 Å². The van der Waals surface area contributed by atoms with Gasteiger partial charge >= 0.3 is 0 Å². The molecule has 0 radical (unpaired) electrons. The molecule has 2 amide bonds. The average molecular weight is 566 g/mol. The lowest BCUT2D eigenvalue weighted by molar-refractivity contribution is -0.140. The highest BCUT2D eigenvalue weighted by Gasteiger charge is 2.28. The molecule has 2 aromatic rings. The number of amides is 2. The minimum absolute atomic E-state index is 0.0965. The molecule has 2 rings (SSSR count). The van der Waals surface area contributed by atoms with Crippen LogP contribution in [0.2, 0.25) is 5.02 Å². The number of nitrogens with one attached hydrogen (secondary N) is 1. The maximum absolute atomic E-state index is 13.4. The molecular weight excluding hydrogens is 526 g/mol. The van der Waals surface area contributed by atoms with Crippen LogP contribution in [0, 0.1) is 0 Å². The van der Waals surface area contributed by atoms with Crippen LogP contribution in [-0.2, 0) is 26.0 Å². The molecule has 10 heteroatoms. The van der Waals surface area contributed by atoms with Crippen LogP contribution in [0.4, 0.5) is 5.69 Å². The standard InChI is InChI=1S/C28H40ClN3O5S/c1-5-7-18-30-28(34)25(6-2)31(20-17-22-12-9-8-10-13-22)27(33)14-11-19-32(38(4,35)36)23-15-16-26(37-3)24(29)21-23/h8-10,12-13,15-16,21,25H,5-7,11,14,17-20H2,1-4H3,(H,30,34)/t25-/m1/s1. The molecule has 210 valence electrons. The van der Waals surface area contributed by atoms with E-state index in [0.717, 1.165) is 24.7 Å². The first kappa shape index (κ1) is 31.4. The summed E-state index contributed by atoms with van der Waals surface area (Å²) in [5.74, 6) is 0.101. The predicted octanol–water partition coefficient (Wildman–Crippen LogP) is 4.66. The summed E-state index contributed by atoms with van der Waals surface area (Å²) in [5, 5.41) is 3.25. The summed E-state index contributed by atoms with van der Waals surface area (Å²) in [6, 6.07) is 14.0. The summed E-state index contributed by atoms with van der Waals surface area (Å²) < 4.78 is 31.5. The summed E-state index contributed by atoms with van der Waals surface area (Å²) in [5.41, 5.74) is 1.47. The van der Waals surface area contributed by atoms with Crippen molar-refractivity contribution in [1.29, 1.82) is 0 Å². The number of rotatable bonds is 16. The third-order valence-corrected chi connectivity index (χ3v) is 7.76. The number of methoxy groups -OCH3 is 1. The number of ether oxygens (including phenoxy) is 1. The second-order valence-corrected chi connectivity index (χ2v) is 11.5. The van der Waals surface area contributed by atoms with Gasteiger partial charge in [-0.15, -0.1) is 0 Å². The Balaban J connectivity index is 2.16. The van der Waals surface area contributed by atoms with Crippen molar-refractivity contribution >= 4 is 39.1 Å². The van der Waals surface area contributed by atoms with Crippen molar-refractivity contribution in [2.75, 3.05) is 37.3 Å². The zero-order chi connectivity index (χ0) is 28.1. The van der Waals surface area contributed by atoms with Crippen LogP contribution < -0.4 is 14.4 Å². The number of hydrogen-bond donors (Lipinski definition) is 1. The van der Waals surface area contributed by atoms with E-state index in [4.69, 9.17) is 16.3 Å². The van der Waals surface area contributed by atoms with Gasteiger partial charge in [0.2, 0.25) is 21.8 Å². The smallest absolute Gasteiger partial charge is 0.242 e. The molecule has 0 heterocycles. The molecule has 0 aliphatic rings. The van der Waals surface area contributed by atoms with E-state index in [2.05, 4.69) is 12.2 Å². The van der Waals surface area contributed by atoms with Crippen molar-refractivity contribution in [3.63, 3.8) is 0 Å². The van der Waals surface area contributed by atoms with E-state index in [1.165, 1.54) is 17.5 Å². The lowest BCUT2D eigenvalue weighted by Gasteiger charge is -2.31. The number of halogens is 1. The number of hydrogen-bond acceptors (Lipinski definition) is 5. The number of unbranched alkanes of at least 4 members (excludes halogenated alkanes) is 1. The van der Waals surface area contributed by atoms with E-state index in [0.29, 0.717) is 42.4 Å². The van der Waals surface area contributed by atoms with E-state index >= 15 is 0 Å². The Hall–Kier alpha value is -2.78. The Morgan fingerprint density at radius 3 is 2.34 bits per heavy atom. The molecular formula is C28H40ClN3O5S. The van der Waals surface area contributed by atoms with Crippen molar-refractivity contribution in [1.82, 2.24) is 10.2 Å². The summed E-state index contributed by atoms with van der Waals surface area (Å²) in [7, 11) is -2.14. The summed E-state index contributed by atoms with van der Waals surface area (Å²) >= 11 is 6.22. The van der Waals surface area contributed by atoms with Gasteiger partial charge in [0.25, 0.3) is 0 Å². The van der Waals surface area contributed by atoms with Gasteiger partial charge in [0.15, 0.2) is 0 Å². The monoisotopic (exact) mass is 565 g/mol. The number of carbonyl (C=O) groups excluding carboxylic acids is 2. The maximum atomic E-state index is 13.4. The molecule has 1 N–H and O–H groups in total. The highest BCUT2D eigenvalue weighted by molar-refractivity contribution is 7.92. The molecule has 38 heavy (non-hydrogen) atoms. The molecule has 0 aliphatic carbocycles. The van der Waals surface area contributed by atoms with E-state index in [1.807, 2.05) is 37.3 Å². The van der Waals surface area contributed by atoms with Crippen LogP contribution in [0.25, 0.3) is 0 Å². The van der Waals surface area contributed by atoms with Crippen LogP contribution in [0.5, 0.6) is 5.75 Å². The third kappa shape index (κ3) is 9.51. The molecule has 0 aromatic heterocycles. The predicted molar refractivity (Wildman–Crippen MR) is 153 cm³/mol. The number of carbonyl (C=O) groups is 2. The normalized spacial score (nSPS) is 12.0. The Morgan fingerprint density at radius 1 is 1.05 bits per heavy atom. The van der Waals surface area contributed by atoms with Crippen molar-refractivity contribution in [3.8, 4) is 5.75 Å². The van der Waals surface area contributed by atoms with Crippen molar-refractivity contribution in [2.24, 2.45) is 0 Å². The molecule has 0 fully saturated rings. The van der Waals surface area contributed by atoms with Gasteiger partial charge in [-0.1, -0.05) is 62.2 Å². The van der Waals surface area contributed by atoms with E-state index < -0.39 is 16.1 Å². The molecule has 0 saturated carbocycles. The van der Waals surface area contributed by atoms with Gasteiger partial charge in [-0.25, -0.2) is 8.42 Å². The van der Waals surface area contributed by atoms with Gasteiger partial charge < -0.3 is 15.0 Å².